The fourth-order valence-electron chi connectivity index (χ4n) is 3.95. The zero-order valence-electron chi connectivity index (χ0n) is 20.6. The number of aromatic nitrogens is 2. The summed E-state index contributed by atoms with van der Waals surface area (Å²) < 4.78 is 26.7. The first-order chi connectivity index (χ1) is 16.0. The van der Waals surface area contributed by atoms with E-state index in [9.17, 15) is 8.42 Å². The minimum atomic E-state index is -3.57. The van der Waals surface area contributed by atoms with Crippen molar-refractivity contribution in [3.63, 3.8) is 0 Å². The summed E-state index contributed by atoms with van der Waals surface area (Å²) in [6.45, 7) is 3.89. The molecule has 0 amide bonds. The number of likely N-dealkylation sites (N-methyl/N-ethyl adjacent to an activating group) is 1. The van der Waals surface area contributed by atoms with Crippen molar-refractivity contribution in [1.29, 1.82) is 0 Å². The molecule has 0 fully saturated rings. The Kier molecular flexibility index (Phi) is 6.24. The first kappa shape index (κ1) is 23.9. The van der Waals surface area contributed by atoms with E-state index in [1.165, 1.54) is 29.7 Å². The second-order valence-corrected chi connectivity index (χ2v) is 10.8. The van der Waals surface area contributed by atoms with Gasteiger partial charge in [0, 0.05) is 58.5 Å². The van der Waals surface area contributed by atoms with Gasteiger partial charge in [-0.1, -0.05) is 12.1 Å². The number of benzene rings is 1. The maximum atomic E-state index is 12.8. The van der Waals surface area contributed by atoms with E-state index in [4.69, 9.17) is 4.98 Å². The van der Waals surface area contributed by atoms with Crippen molar-refractivity contribution in [2.75, 3.05) is 45.0 Å². The van der Waals surface area contributed by atoms with Gasteiger partial charge >= 0.3 is 0 Å². The largest absolute Gasteiger partial charge is 0.329 e. The molecule has 9 nitrogen and oxygen atoms in total. The molecule has 0 saturated heterocycles. The molecule has 34 heavy (non-hydrogen) atoms. The molecule has 0 radical (unpaired) electrons. The molecule has 2 aromatic rings. The van der Waals surface area contributed by atoms with Gasteiger partial charge in [-0.25, -0.2) is 23.1 Å². The van der Waals surface area contributed by atoms with Gasteiger partial charge in [-0.2, -0.15) is 4.98 Å². The SMILES string of the molecule is CC1=C2C=C(N(C)c3ccnc(N(C)c4ccc(C)c(S(=O)(=O)N(C)C)c4)n3)C=CC2NN1C. The molecule has 10 heteroatoms. The molecule has 1 aliphatic heterocycles. The summed E-state index contributed by atoms with van der Waals surface area (Å²) in [6, 6.07) is 7.37. The fraction of sp³-hybridized carbons (Fsp3) is 0.333. The van der Waals surface area contributed by atoms with E-state index in [-0.39, 0.29) is 10.9 Å². The Labute approximate surface area is 201 Å². The predicted octanol–water partition coefficient (Wildman–Crippen LogP) is 2.79. The number of nitrogens with one attached hydrogen (secondary N) is 1. The van der Waals surface area contributed by atoms with E-state index in [1.807, 2.05) is 43.2 Å². The van der Waals surface area contributed by atoms with Crippen molar-refractivity contribution in [3.05, 3.63) is 71.2 Å². The molecule has 4 rings (SSSR count). The molecular formula is C24H31N7O2S. The van der Waals surface area contributed by atoms with Crippen LogP contribution in [-0.4, -0.2) is 69.0 Å². The quantitative estimate of drug-likeness (QED) is 0.674. The first-order valence-electron chi connectivity index (χ1n) is 10.9. The Bertz CT molecular complexity index is 1310. The smallest absolute Gasteiger partial charge is 0.242 e. The van der Waals surface area contributed by atoms with E-state index in [0.717, 1.165) is 11.5 Å². The van der Waals surface area contributed by atoms with Crippen LogP contribution in [0.3, 0.4) is 0 Å². The van der Waals surface area contributed by atoms with Crippen LogP contribution in [-0.2, 0) is 10.0 Å². The highest BCUT2D eigenvalue weighted by molar-refractivity contribution is 7.89. The van der Waals surface area contributed by atoms with Gasteiger partial charge in [0.05, 0.1) is 10.9 Å². The third-order valence-electron chi connectivity index (χ3n) is 6.33. The Morgan fingerprint density at radius 3 is 2.50 bits per heavy atom. The summed E-state index contributed by atoms with van der Waals surface area (Å²) in [5.74, 6) is 1.20. The number of anilines is 3. The van der Waals surface area contributed by atoms with Crippen LogP contribution in [0.1, 0.15) is 12.5 Å². The molecule has 1 aromatic carbocycles. The highest BCUT2D eigenvalue weighted by Crippen LogP contribution is 2.30. The van der Waals surface area contributed by atoms with Crippen molar-refractivity contribution in [3.8, 4) is 0 Å². The Balaban J connectivity index is 1.64. The number of hydrazine groups is 1. The van der Waals surface area contributed by atoms with Gasteiger partial charge in [0.1, 0.15) is 5.82 Å². The van der Waals surface area contributed by atoms with Crippen molar-refractivity contribution >= 4 is 27.5 Å². The zero-order valence-corrected chi connectivity index (χ0v) is 21.4. The lowest BCUT2D eigenvalue weighted by Crippen LogP contribution is -2.34. The van der Waals surface area contributed by atoms with Crippen molar-refractivity contribution in [1.82, 2.24) is 24.7 Å². The molecule has 0 spiro atoms. The van der Waals surface area contributed by atoms with E-state index >= 15 is 0 Å². The first-order valence-corrected chi connectivity index (χ1v) is 12.4. The summed E-state index contributed by atoms with van der Waals surface area (Å²) in [5.41, 5.74) is 8.21. The summed E-state index contributed by atoms with van der Waals surface area (Å²) in [6.07, 6.45) is 8.10. The number of nitrogens with zero attached hydrogens (tertiary/aromatic N) is 6. The monoisotopic (exact) mass is 481 g/mol. The third-order valence-corrected chi connectivity index (χ3v) is 8.29. The maximum absolute atomic E-state index is 12.8. The average molecular weight is 482 g/mol. The number of hydrogen-bond acceptors (Lipinski definition) is 8. The minimum absolute atomic E-state index is 0.184. The lowest BCUT2D eigenvalue weighted by atomic mass is 10.00. The Morgan fingerprint density at radius 1 is 1.06 bits per heavy atom. The van der Waals surface area contributed by atoms with E-state index < -0.39 is 10.0 Å². The number of aryl methyl sites for hydroxylation is 1. The fourth-order valence-corrected chi connectivity index (χ4v) is 5.09. The molecule has 180 valence electrons. The van der Waals surface area contributed by atoms with Crippen LogP contribution in [0.4, 0.5) is 17.5 Å². The van der Waals surface area contributed by atoms with E-state index in [0.29, 0.717) is 17.2 Å². The van der Waals surface area contributed by atoms with Gasteiger partial charge in [0.25, 0.3) is 0 Å². The van der Waals surface area contributed by atoms with Gasteiger partial charge in [-0.3, -0.25) is 0 Å². The average Bonchev–Trinajstić information content (AvgIpc) is 3.11. The predicted molar refractivity (Wildman–Crippen MR) is 135 cm³/mol. The molecule has 0 saturated carbocycles. The van der Waals surface area contributed by atoms with E-state index in [2.05, 4.69) is 35.6 Å². The Morgan fingerprint density at radius 2 is 1.79 bits per heavy atom. The highest BCUT2D eigenvalue weighted by Gasteiger charge is 2.27. The van der Waals surface area contributed by atoms with Gasteiger partial charge in [-0.05, 0) is 55.3 Å². The normalized spacial score (nSPS) is 17.8. The summed E-state index contributed by atoms with van der Waals surface area (Å²) in [7, 11) is 5.30. The number of rotatable bonds is 6. The summed E-state index contributed by atoms with van der Waals surface area (Å²) >= 11 is 0. The standard InChI is InChI=1S/C24H31N7O2S/c1-16-8-9-19(15-22(16)34(32,33)28(3)4)30(6)24-25-13-12-23(26-24)29(5)18-10-11-21-20(14-18)17(2)31(7)27-21/h8-15,21,27H,1-7H3. The molecule has 1 atom stereocenters. The van der Waals surface area contributed by atoms with Crippen LogP contribution in [0, 0.1) is 6.92 Å². The highest BCUT2D eigenvalue weighted by atomic mass is 32.2. The second kappa shape index (κ2) is 8.86. The molecule has 1 aromatic heterocycles. The van der Waals surface area contributed by atoms with Crippen molar-refractivity contribution in [2.24, 2.45) is 0 Å². The number of fused-ring (bicyclic) bond motifs is 1. The molecule has 2 heterocycles. The zero-order chi connectivity index (χ0) is 24.8. The van der Waals surface area contributed by atoms with Crippen LogP contribution in [0.25, 0.3) is 0 Å². The van der Waals surface area contributed by atoms with Gasteiger partial charge in [-0.15, -0.1) is 0 Å². The van der Waals surface area contributed by atoms with Crippen LogP contribution >= 0.6 is 0 Å². The van der Waals surface area contributed by atoms with Crippen LogP contribution in [0.5, 0.6) is 0 Å². The molecule has 1 aliphatic carbocycles. The van der Waals surface area contributed by atoms with Gasteiger partial charge < -0.3 is 14.8 Å². The number of sulfonamides is 1. The van der Waals surface area contributed by atoms with Crippen LogP contribution < -0.4 is 15.2 Å². The third kappa shape index (κ3) is 4.20. The number of hydrogen-bond donors (Lipinski definition) is 1. The molecular weight excluding hydrogens is 450 g/mol. The topological polar surface area (TPSA) is 84.9 Å². The summed E-state index contributed by atoms with van der Waals surface area (Å²) in [4.78, 5) is 13.3. The van der Waals surface area contributed by atoms with Crippen molar-refractivity contribution in [2.45, 2.75) is 24.8 Å². The Hall–Kier alpha value is -3.21. The second-order valence-electron chi connectivity index (χ2n) is 8.70. The summed E-state index contributed by atoms with van der Waals surface area (Å²) in [5, 5.41) is 2.04. The lowest BCUT2D eigenvalue weighted by Gasteiger charge is -2.25. The lowest BCUT2D eigenvalue weighted by molar-refractivity contribution is 0.325. The molecule has 0 bridgehead atoms. The van der Waals surface area contributed by atoms with Crippen LogP contribution in [0.2, 0.25) is 0 Å². The van der Waals surface area contributed by atoms with Crippen molar-refractivity contribution < 1.29 is 8.42 Å². The maximum Gasteiger partial charge on any atom is 0.242 e. The minimum Gasteiger partial charge on any atom is -0.329 e. The molecule has 2 aliphatic rings. The van der Waals surface area contributed by atoms with Gasteiger partial charge in [0.15, 0.2) is 0 Å². The van der Waals surface area contributed by atoms with E-state index in [1.54, 1.807) is 30.2 Å². The number of allylic oxidation sites excluding steroid dienone is 2. The molecule has 1 unspecified atom stereocenters. The van der Waals surface area contributed by atoms with Crippen LogP contribution in [0.15, 0.2) is 70.6 Å². The molecule has 1 N–H and O–H groups in total. The van der Waals surface area contributed by atoms with Gasteiger partial charge in [0.2, 0.25) is 16.0 Å².